The molecule has 0 aliphatic rings. The average molecular weight is 243 g/mol. The fourth-order valence-corrected chi connectivity index (χ4v) is 2.01. The highest BCUT2D eigenvalue weighted by Gasteiger charge is 2.13. The number of aryl methyl sites for hydroxylation is 1. The van der Waals surface area contributed by atoms with Crippen LogP contribution in [0.15, 0.2) is 18.2 Å². The van der Waals surface area contributed by atoms with E-state index in [0.717, 1.165) is 11.8 Å². The molecule has 0 bridgehead atoms. The fourth-order valence-electron chi connectivity index (χ4n) is 1.38. The SMILES string of the molecule is CCN(NS(C)(=O)=O)c1cccc(C)c1N. The van der Waals surface area contributed by atoms with E-state index < -0.39 is 10.0 Å². The molecular weight excluding hydrogens is 226 g/mol. The highest BCUT2D eigenvalue weighted by atomic mass is 32.2. The van der Waals surface area contributed by atoms with Crippen molar-refractivity contribution in [2.75, 3.05) is 23.5 Å². The second-order valence-electron chi connectivity index (χ2n) is 3.62. The Morgan fingerprint density at radius 1 is 1.44 bits per heavy atom. The van der Waals surface area contributed by atoms with E-state index in [9.17, 15) is 8.42 Å². The van der Waals surface area contributed by atoms with E-state index in [0.29, 0.717) is 17.9 Å². The van der Waals surface area contributed by atoms with Crippen molar-refractivity contribution in [2.24, 2.45) is 0 Å². The maximum Gasteiger partial charge on any atom is 0.225 e. The smallest absolute Gasteiger partial charge is 0.225 e. The van der Waals surface area contributed by atoms with Crippen molar-refractivity contribution in [1.29, 1.82) is 0 Å². The molecule has 3 N–H and O–H groups in total. The molecule has 0 amide bonds. The standard InChI is InChI=1S/C10H17N3O2S/c1-4-13(12-16(3,14)15)9-7-5-6-8(2)10(9)11/h5-7,12H,4,11H2,1-3H3. The lowest BCUT2D eigenvalue weighted by Crippen LogP contribution is -2.42. The summed E-state index contributed by atoms with van der Waals surface area (Å²) < 4.78 is 22.4. The van der Waals surface area contributed by atoms with E-state index in [1.807, 2.05) is 26.0 Å². The van der Waals surface area contributed by atoms with Gasteiger partial charge in [-0.15, -0.1) is 4.83 Å². The third-order valence-electron chi connectivity index (χ3n) is 2.18. The van der Waals surface area contributed by atoms with Gasteiger partial charge in [0, 0.05) is 6.54 Å². The molecule has 0 atom stereocenters. The summed E-state index contributed by atoms with van der Waals surface area (Å²) in [7, 11) is -3.29. The zero-order valence-electron chi connectivity index (χ0n) is 9.69. The second kappa shape index (κ2) is 4.71. The quantitative estimate of drug-likeness (QED) is 0.607. The number of nitrogens with one attached hydrogen (secondary N) is 1. The topological polar surface area (TPSA) is 75.4 Å². The van der Waals surface area contributed by atoms with Crippen LogP contribution in [0.25, 0.3) is 0 Å². The lowest BCUT2D eigenvalue weighted by atomic mass is 10.1. The number of sulfonamides is 1. The Kier molecular flexibility index (Phi) is 3.77. The lowest BCUT2D eigenvalue weighted by Gasteiger charge is -2.24. The first-order chi connectivity index (χ1) is 7.35. The van der Waals surface area contributed by atoms with Gasteiger partial charge in [-0.1, -0.05) is 12.1 Å². The molecule has 0 fully saturated rings. The van der Waals surface area contributed by atoms with Crippen LogP contribution in [0.2, 0.25) is 0 Å². The first-order valence-electron chi connectivity index (χ1n) is 4.95. The van der Waals surface area contributed by atoms with Gasteiger partial charge < -0.3 is 5.73 Å². The maximum atomic E-state index is 11.2. The summed E-state index contributed by atoms with van der Waals surface area (Å²) in [4.78, 5) is 2.42. The number of para-hydroxylation sites is 1. The van der Waals surface area contributed by atoms with Crippen LogP contribution >= 0.6 is 0 Å². The second-order valence-corrected chi connectivity index (χ2v) is 5.34. The summed E-state index contributed by atoms with van der Waals surface area (Å²) in [5.74, 6) is 0. The Morgan fingerprint density at radius 3 is 2.56 bits per heavy atom. The minimum atomic E-state index is -3.29. The number of benzene rings is 1. The summed E-state index contributed by atoms with van der Waals surface area (Å²) in [6.45, 7) is 4.23. The molecule has 0 saturated heterocycles. The fraction of sp³-hybridized carbons (Fsp3) is 0.400. The third-order valence-corrected chi connectivity index (χ3v) is 2.74. The van der Waals surface area contributed by atoms with Gasteiger partial charge in [-0.2, -0.15) is 0 Å². The van der Waals surface area contributed by atoms with Crippen molar-refractivity contribution in [3.8, 4) is 0 Å². The zero-order valence-corrected chi connectivity index (χ0v) is 10.5. The summed E-state index contributed by atoms with van der Waals surface area (Å²) in [5, 5.41) is 1.51. The van der Waals surface area contributed by atoms with Gasteiger partial charge in [0.25, 0.3) is 0 Å². The number of nitrogens with zero attached hydrogens (tertiary/aromatic N) is 1. The van der Waals surface area contributed by atoms with E-state index in [2.05, 4.69) is 4.83 Å². The van der Waals surface area contributed by atoms with Gasteiger partial charge in [-0.3, -0.25) is 5.01 Å². The predicted octanol–water partition coefficient (Wildman–Crippen LogP) is 0.868. The van der Waals surface area contributed by atoms with Crippen molar-refractivity contribution in [3.63, 3.8) is 0 Å². The van der Waals surface area contributed by atoms with E-state index in [4.69, 9.17) is 5.73 Å². The molecule has 0 heterocycles. The minimum Gasteiger partial charge on any atom is -0.397 e. The monoisotopic (exact) mass is 243 g/mol. The number of nitrogen functional groups attached to an aromatic ring is 1. The Bertz CT molecular complexity index is 471. The first-order valence-corrected chi connectivity index (χ1v) is 6.84. The number of rotatable bonds is 4. The van der Waals surface area contributed by atoms with Crippen LogP contribution in [-0.2, 0) is 10.0 Å². The molecule has 1 rings (SSSR count). The number of anilines is 2. The molecule has 16 heavy (non-hydrogen) atoms. The van der Waals surface area contributed by atoms with Crippen LogP contribution in [-0.4, -0.2) is 21.2 Å². The summed E-state index contributed by atoms with van der Waals surface area (Å²) in [6.07, 6.45) is 1.11. The number of hydrazine groups is 1. The van der Waals surface area contributed by atoms with Gasteiger partial charge in [0.1, 0.15) is 0 Å². The molecule has 1 aromatic carbocycles. The molecule has 0 radical (unpaired) electrons. The van der Waals surface area contributed by atoms with Crippen LogP contribution in [0.4, 0.5) is 11.4 Å². The Morgan fingerprint density at radius 2 is 2.06 bits per heavy atom. The highest BCUT2D eigenvalue weighted by molar-refractivity contribution is 7.88. The van der Waals surface area contributed by atoms with Crippen molar-refractivity contribution >= 4 is 21.4 Å². The predicted molar refractivity (Wildman–Crippen MR) is 66.6 cm³/mol. The molecule has 0 spiro atoms. The average Bonchev–Trinajstić information content (AvgIpc) is 2.18. The first kappa shape index (κ1) is 12.8. The molecule has 1 aromatic rings. The lowest BCUT2D eigenvalue weighted by molar-refractivity contribution is 0.583. The number of hydrogen-bond acceptors (Lipinski definition) is 4. The van der Waals surface area contributed by atoms with Crippen LogP contribution in [0.1, 0.15) is 12.5 Å². The Labute approximate surface area is 96.3 Å². The highest BCUT2D eigenvalue weighted by Crippen LogP contribution is 2.24. The van der Waals surface area contributed by atoms with Crippen LogP contribution < -0.4 is 15.6 Å². The van der Waals surface area contributed by atoms with Crippen molar-refractivity contribution in [1.82, 2.24) is 4.83 Å². The van der Waals surface area contributed by atoms with E-state index in [-0.39, 0.29) is 0 Å². The molecule has 0 aliphatic heterocycles. The van der Waals surface area contributed by atoms with E-state index in [1.54, 1.807) is 6.07 Å². The summed E-state index contributed by atoms with van der Waals surface area (Å²) >= 11 is 0. The molecule has 90 valence electrons. The number of nitrogens with two attached hydrogens (primary N) is 1. The zero-order chi connectivity index (χ0) is 12.3. The van der Waals surface area contributed by atoms with Crippen molar-refractivity contribution in [2.45, 2.75) is 13.8 Å². The molecule has 5 nitrogen and oxygen atoms in total. The Hall–Kier alpha value is -1.27. The maximum absolute atomic E-state index is 11.2. The van der Waals surface area contributed by atoms with Gasteiger partial charge in [0.15, 0.2) is 0 Å². The van der Waals surface area contributed by atoms with Gasteiger partial charge in [0.05, 0.1) is 17.6 Å². The molecular formula is C10H17N3O2S. The molecule has 0 aliphatic carbocycles. The van der Waals surface area contributed by atoms with Gasteiger partial charge in [-0.25, -0.2) is 8.42 Å². The minimum absolute atomic E-state index is 0.501. The van der Waals surface area contributed by atoms with Gasteiger partial charge >= 0.3 is 0 Å². The van der Waals surface area contributed by atoms with E-state index in [1.165, 1.54) is 5.01 Å². The summed E-state index contributed by atoms with van der Waals surface area (Å²) in [5.41, 5.74) is 8.08. The molecule has 0 aromatic heterocycles. The largest absolute Gasteiger partial charge is 0.397 e. The molecule has 0 unspecified atom stereocenters. The van der Waals surface area contributed by atoms with Crippen LogP contribution in [0, 0.1) is 6.92 Å². The van der Waals surface area contributed by atoms with Crippen molar-refractivity contribution in [3.05, 3.63) is 23.8 Å². The van der Waals surface area contributed by atoms with Crippen LogP contribution in [0.5, 0.6) is 0 Å². The van der Waals surface area contributed by atoms with Gasteiger partial charge in [0.2, 0.25) is 10.0 Å². The molecule has 6 heteroatoms. The summed E-state index contributed by atoms with van der Waals surface area (Å²) in [6, 6.07) is 5.50. The Balaban J connectivity index is 3.09. The molecule has 0 saturated carbocycles. The third kappa shape index (κ3) is 3.11. The van der Waals surface area contributed by atoms with Crippen molar-refractivity contribution < 1.29 is 8.42 Å². The van der Waals surface area contributed by atoms with Gasteiger partial charge in [-0.05, 0) is 25.5 Å². The van der Waals surface area contributed by atoms with Crippen LogP contribution in [0.3, 0.4) is 0 Å². The number of hydrogen-bond donors (Lipinski definition) is 2. The van der Waals surface area contributed by atoms with E-state index >= 15 is 0 Å². The normalized spacial score (nSPS) is 11.4.